The summed E-state index contributed by atoms with van der Waals surface area (Å²) in [6, 6.07) is 10.2. The third-order valence-electron chi connectivity index (χ3n) is 2.96. The molecule has 116 valence electrons. The van der Waals surface area contributed by atoms with Crippen molar-refractivity contribution in [2.45, 2.75) is 39.1 Å². The molecule has 0 aliphatic rings. The molecule has 0 saturated carbocycles. The van der Waals surface area contributed by atoms with Gasteiger partial charge in [0.25, 0.3) is 0 Å². The SMILES string of the molecule is C=C(COCc1ccccc1)CC(=C[Si](C)(C)C)CCO. The third-order valence-corrected chi connectivity index (χ3v) is 4.24. The van der Waals surface area contributed by atoms with Gasteiger partial charge in [-0.25, -0.2) is 0 Å². The zero-order chi connectivity index (χ0) is 15.7. The van der Waals surface area contributed by atoms with Crippen molar-refractivity contribution in [3.05, 3.63) is 59.3 Å². The maximum atomic E-state index is 9.18. The van der Waals surface area contributed by atoms with Gasteiger partial charge in [-0.2, -0.15) is 0 Å². The largest absolute Gasteiger partial charge is 0.396 e. The molecule has 0 spiro atoms. The van der Waals surface area contributed by atoms with Crippen LogP contribution in [0.15, 0.2) is 53.8 Å². The van der Waals surface area contributed by atoms with Gasteiger partial charge in [0.15, 0.2) is 0 Å². The number of benzene rings is 1. The molecular formula is C18H28O2Si. The highest BCUT2D eigenvalue weighted by molar-refractivity contribution is 6.81. The molecule has 21 heavy (non-hydrogen) atoms. The lowest BCUT2D eigenvalue weighted by Gasteiger charge is -2.15. The number of aliphatic hydroxyl groups excluding tert-OH is 1. The summed E-state index contributed by atoms with van der Waals surface area (Å²) in [6.45, 7) is 12.4. The highest BCUT2D eigenvalue weighted by atomic mass is 28.3. The predicted molar refractivity (Wildman–Crippen MR) is 93.0 cm³/mol. The molecule has 0 aromatic heterocycles. The van der Waals surface area contributed by atoms with E-state index in [0.717, 1.165) is 18.4 Å². The van der Waals surface area contributed by atoms with Gasteiger partial charge in [0.2, 0.25) is 0 Å². The van der Waals surface area contributed by atoms with E-state index in [9.17, 15) is 5.11 Å². The van der Waals surface area contributed by atoms with Gasteiger partial charge in [0, 0.05) is 6.61 Å². The maximum Gasteiger partial charge on any atom is 0.0721 e. The zero-order valence-corrected chi connectivity index (χ0v) is 14.6. The van der Waals surface area contributed by atoms with Crippen LogP contribution >= 0.6 is 0 Å². The zero-order valence-electron chi connectivity index (χ0n) is 13.6. The molecule has 0 saturated heterocycles. The first-order valence-electron chi connectivity index (χ1n) is 7.50. The van der Waals surface area contributed by atoms with E-state index in [-0.39, 0.29) is 6.61 Å². The van der Waals surface area contributed by atoms with Crippen molar-refractivity contribution in [3.63, 3.8) is 0 Å². The van der Waals surface area contributed by atoms with Crippen molar-refractivity contribution in [2.24, 2.45) is 0 Å². The fraction of sp³-hybridized carbons (Fsp3) is 0.444. The first kappa shape index (κ1) is 17.9. The van der Waals surface area contributed by atoms with Crippen LogP contribution < -0.4 is 0 Å². The Morgan fingerprint density at radius 1 is 1.24 bits per heavy atom. The van der Waals surface area contributed by atoms with E-state index < -0.39 is 8.07 Å². The molecule has 0 radical (unpaired) electrons. The van der Waals surface area contributed by atoms with Gasteiger partial charge in [0.1, 0.15) is 0 Å². The Labute approximate surface area is 130 Å². The minimum atomic E-state index is -1.26. The first-order valence-corrected chi connectivity index (χ1v) is 11.1. The molecule has 1 aromatic rings. The minimum Gasteiger partial charge on any atom is -0.396 e. The Hall–Kier alpha value is -1.16. The van der Waals surface area contributed by atoms with Crippen molar-refractivity contribution < 1.29 is 9.84 Å². The first-order chi connectivity index (χ1) is 9.90. The van der Waals surface area contributed by atoms with E-state index in [1.165, 1.54) is 11.1 Å². The third kappa shape index (κ3) is 8.66. The summed E-state index contributed by atoms with van der Waals surface area (Å²) in [6.07, 6.45) is 1.57. The van der Waals surface area contributed by atoms with Crippen LogP contribution in [0.4, 0.5) is 0 Å². The summed E-state index contributed by atoms with van der Waals surface area (Å²) in [4.78, 5) is 0. The van der Waals surface area contributed by atoms with Crippen molar-refractivity contribution in [1.82, 2.24) is 0 Å². The number of rotatable bonds is 9. The van der Waals surface area contributed by atoms with Gasteiger partial charge in [-0.15, -0.1) is 0 Å². The van der Waals surface area contributed by atoms with E-state index in [1.54, 1.807) is 0 Å². The second-order valence-electron chi connectivity index (χ2n) is 6.55. The molecule has 0 amide bonds. The van der Waals surface area contributed by atoms with Gasteiger partial charge in [-0.3, -0.25) is 0 Å². The summed E-state index contributed by atoms with van der Waals surface area (Å²) >= 11 is 0. The van der Waals surface area contributed by atoms with E-state index in [0.29, 0.717) is 13.2 Å². The summed E-state index contributed by atoms with van der Waals surface area (Å²) in [5.41, 5.74) is 5.92. The molecule has 1 aromatic carbocycles. The highest BCUT2D eigenvalue weighted by Crippen LogP contribution is 2.18. The average Bonchev–Trinajstić information content (AvgIpc) is 2.38. The van der Waals surface area contributed by atoms with Crippen molar-refractivity contribution in [3.8, 4) is 0 Å². The maximum absolute atomic E-state index is 9.18. The molecule has 0 unspecified atom stereocenters. The Bertz CT molecular complexity index is 458. The lowest BCUT2D eigenvalue weighted by Crippen LogP contribution is -2.17. The molecule has 0 aliphatic heterocycles. The number of hydrogen-bond acceptors (Lipinski definition) is 2. The number of ether oxygens (including phenoxy) is 1. The molecule has 3 heteroatoms. The molecule has 1 rings (SSSR count). The topological polar surface area (TPSA) is 29.5 Å². The summed E-state index contributed by atoms with van der Waals surface area (Å²) in [5.74, 6) is 0. The number of hydrogen-bond donors (Lipinski definition) is 1. The summed E-state index contributed by atoms with van der Waals surface area (Å²) in [5, 5.41) is 9.18. The fourth-order valence-corrected chi connectivity index (χ4v) is 3.70. The van der Waals surface area contributed by atoms with E-state index in [2.05, 4.69) is 44.1 Å². The second kappa shape index (κ2) is 8.98. The van der Waals surface area contributed by atoms with E-state index >= 15 is 0 Å². The van der Waals surface area contributed by atoms with Crippen LogP contribution in [0.2, 0.25) is 19.6 Å². The molecule has 1 N–H and O–H groups in total. The lowest BCUT2D eigenvalue weighted by atomic mass is 10.1. The molecule has 0 bridgehead atoms. The average molecular weight is 305 g/mol. The van der Waals surface area contributed by atoms with Gasteiger partial charge in [-0.05, 0) is 24.0 Å². The van der Waals surface area contributed by atoms with Gasteiger partial charge < -0.3 is 9.84 Å². The Kier molecular flexibility index (Phi) is 7.65. The molecule has 2 nitrogen and oxygen atoms in total. The van der Waals surface area contributed by atoms with Gasteiger partial charge in [-0.1, -0.05) is 67.8 Å². The van der Waals surface area contributed by atoms with Crippen LogP contribution in [0.3, 0.4) is 0 Å². The standard InChI is InChI=1S/C18H28O2Si/c1-16(12-18(10-11-19)15-21(2,3)4)13-20-14-17-8-6-5-7-9-17/h5-9,15,19H,1,10-14H2,2-4H3. The molecular weight excluding hydrogens is 276 g/mol. The van der Waals surface area contributed by atoms with Crippen LogP contribution in [0.1, 0.15) is 18.4 Å². The Morgan fingerprint density at radius 2 is 1.90 bits per heavy atom. The van der Waals surface area contributed by atoms with Crippen molar-refractivity contribution in [2.75, 3.05) is 13.2 Å². The Morgan fingerprint density at radius 3 is 2.48 bits per heavy atom. The fourth-order valence-electron chi connectivity index (χ4n) is 2.23. The van der Waals surface area contributed by atoms with Crippen molar-refractivity contribution in [1.29, 1.82) is 0 Å². The molecule has 0 fully saturated rings. The van der Waals surface area contributed by atoms with Crippen LogP contribution in [0.25, 0.3) is 0 Å². The van der Waals surface area contributed by atoms with Crippen LogP contribution in [0, 0.1) is 0 Å². The lowest BCUT2D eigenvalue weighted by molar-refractivity contribution is 0.141. The van der Waals surface area contributed by atoms with Gasteiger partial charge >= 0.3 is 0 Å². The predicted octanol–water partition coefficient (Wildman–Crippen LogP) is 4.34. The quantitative estimate of drug-likeness (QED) is 0.543. The Balaban J connectivity index is 2.42. The van der Waals surface area contributed by atoms with E-state index in [4.69, 9.17) is 4.74 Å². The monoisotopic (exact) mass is 304 g/mol. The van der Waals surface area contributed by atoms with Crippen LogP contribution in [-0.4, -0.2) is 26.4 Å². The van der Waals surface area contributed by atoms with Crippen LogP contribution in [-0.2, 0) is 11.3 Å². The number of aliphatic hydroxyl groups is 1. The second-order valence-corrected chi connectivity index (χ2v) is 11.6. The van der Waals surface area contributed by atoms with E-state index in [1.807, 2.05) is 18.2 Å². The molecule has 0 aliphatic carbocycles. The highest BCUT2D eigenvalue weighted by Gasteiger charge is 2.11. The minimum absolute atomic E-state index is 0.203. The summed E-state index contributed by atoms with van der Waals surface area (Å²) < 4.78 is 5.71. The smallest absolute Gasteiger partial charge is 0.0721 e. The normalized spacial score (nSPS) is 12.5. The molecule has 0 atom stereocenters. The van der Waals surface area contributed by atoms with Gasteiger partial charge in [0.05, 0.1) is 21.3 Å². The van der Waals surface area contributed by atoms with Crippen molar-refractivity contribution >= 4 is 8.07 Å². The van der Waals surface area contributed by atoms with Crippen LogP contribution in [0.5, 0.6) is 0 Å². The molecule has 0 heterocycles. The summed E-state index contributed by atoms with van der Waals surface area (Å²) in [7, 11) is -1.26.